The molecule has 2 aromatic heterocycles. The Bertz CT molecular complexity index is 756. The lowest BCUT2D eigenvalue weighted by atomic mass is 9.86. The smallest absolute Gasteiger partial charge is 0.309 e. The van der Waals surface area contributed by atoms with E-state index < -0.39 is 17.9 Å². The van der Waals surface area contributed by atoms with Crippen molar-refractivity contribution in [1.29, 1.82) is 0 Å². The molecule has 1 N–H and O–H groups in total. The summed E-state index contributed by atoms with van der Waals surface area (Å²) in [5.41, 5.74) is 1.51. The van der Waals surface area contributed by atoms with Gasteiger partial charge in [0.1, 0.15) is 23.3 Å². The lowest BCUT2D eigenvalue weighted by molar-refractivity contribution is -0.153. The molecule has 0 bridgehead atoms. The second-order valence-corrected chi connectivity index (χ2v) is 6.20. The topological polar surface area (TPSA) is 96.8 Å². The Hall–Kier alpha value is -2.57. The number of carboxylic acids is 1. The van der Waals surface area contributed by atoms with E-state index in [0.29, 0.717) is 29.4 Å². The van der Waals surface area contributed by atoms with Gasteiger partial charge in [-0.3, -0.25) is 9.59 Å². The van der Waals surface area contributed by atoms with Crippen LogP contribution in [0.4, 0.5) is 0 Å². The minimum Gasteiger partial charge on any atom is -0.481 e. The molecule has 3 rings (SSSR count). The third kappa shape index (κ3) is 2.81. The van der Waals surface area contributed by atoms with E-state index in [2.05, 4.69) is 5.16 Å². The third-order valence-electron chi connectivity index (χ3n) is 4.59. The quantitative estimate of drug-likeness (QED) is 0.924. The fraction of sp³-hybridized carbons (Fsp3) is 0.471. The highest BCUT2D eigenvalue weighted by atomic mass is 16.5. The molecule has 0 radical (unpaired) electrons. The van der Waals surface area contributed by atoms with Crippen molar-refractivity contribution in [1.82, 2.24) is 10.1 Å². The standard InChI is InChI=1S/C17H20N2O5/c1-9-4-6-14(23-9)16-12(17(21)22)5-7-15(20)19(16)8-13-10(2)18-24-11(13)3/h4,6,12,16H,5,7-8H2,1-3H3,(H,21,22)/t12-,16-/m0/s1. The highest BCUT2D eigenvalue weighted by Crippen LogP contribution is 2.39. The van der Waals surface area contributed by atoms with E-state index in [0.717, 1.165) is 5.56 Å². The zero-order valence-corrected chi connectivity index (χ0v) is 13.9. The van der Waals surface area contributed by atoms with Crippen molar-refractivity contribution in [3.8, 4) is 0 Å². The Morgan fingerprint density at radius 1 is 1.38 bits per heavy atom. The number of aromatic nitrogens is 1. The van der Waals surface area contributed by atoms with Crippen molar-refractivity contribution in [3.05, 3.63) is 40.7 Å². The van der Waals surface area contributed by atoms with Crippen LogP contribution in [0.5, 0.6) is 0 Å². The Morgan fingerprint density at radius 2 is 2.12 bits per heavy atom. The summed E-state index contributed by atoms with van der Waals surface area (Å²) >= 11 is 0. The Balaban J connectivity index is 2.01. The molecule has 2 atom stereocenters. The number of piperidine rings is 1. The number of likely N-dealkylation sites (tertiary alicyclic amines) is 1. The van der Waals surface area contributed by atoms with Crippen LogP contribution in [0.2, 0.25) is 0 Å². The van der Waals surface area contributed by atoms with Crippen LogP contribution in [0, 0.1) is 26.7 Å². The second kappa shape index (κ2) is 6.14. The highest BCUT2D eigenvalue weighted by molar-refractivity contribution is 5.81. The van der Waals surface area contributed by atoms with Crippen LogP contribution < -0.4 is 0 Å². The van der Waals surface area contributed by atoms with E-state index in [1.807, 2.05) is 0 Å². The Kier molecular flexibility index (Phi) is 4.17. The van der Waals surface area contributed by atoms with Crippen LogP contribution in [0.25, 0.3) is 0 Å². The van der Waals surface area contributed by atoms with Crippen molar-refractivity contribution in [2.45, 2.75) is 46.2 Å². The maximum atomic E-state index is 12.5. The van der Waals surface area contributed by atoms with Gasteiger partial charge in [-0.1, -0.05) is 5.16 Å². The van der Waals surface area contributed by atoms with Crippen molar-refractivity contribution in [3.63, 3.8) is 0 Å². The number of amides is 1. The van der Waals surface area contributed by atoms with Crippen LogP contribution >= 0.6 is 0 Å². The molecule has 0 aliphatic carbocycles. The molecule has 1 fully saturated rings. The predicted octanol–water partition coefficient (Wildman–Crippen LogP) is 2.76. The molecule has 3 heterocycles. The van der Waals surface area contributed by atoms with Crippen molar-refractivity contribution in [2.24, 2.45) is 5.92 Å². The lowest BCUT2D eigenvalue weighted by Gasteiger charge is -2.38. The maximum Gasteiger partial charge on any atom is 0.309 e. The van der Waals surface area contributed by atoms with E-state index >= 15 is 0 Å². The number of carboxylic acid groups (broad SMARTS) is 1. The van der Waals surface area contributed by atoms with E-state index in [1.54, 1.807) is 37.8 Å². The third-order valence-corrected chi connectivity index (χ3v) is 4.59. The van der Waals surface area contributed by atoms with E-state index in [9.17, 15) is 14.7 Å². The number of carbonyl (C=O) groups is 2. The van der Waals surface area contributed by atoms with Crippen LogP contribution in [0.3, 0.4) is 0 Å². The van der Waals surface area contributed by atoms with Crippen LogP contribution in [-0.2, 0) is 16.1 Å². The van der Waals surface area contributed by atoms with Crippen molar-refractivity contribution in [2.75, 3.05) is 0 Å². The normalized spacial score (nSPS) is 21.3. The van der Waals surface area contributed by atoms with Gasteiger partial charge in [0.15, 0.2) is 0 Å². The molecule has 0 unspecified atom stereocenters. The van der Waals surface area contributed by atoms with Gasteiger partial charge in [0, 0.05) is 12.0 Å². The zero-order valence-electron chi connectivity index (χ0n) is 13.9. The first kappa shape index (κ1) is 16.3. The monoisotopic (exact) mass is 332 g/mol. The molecule has 0 saturated carbocycles. The van der Waals surface area contributed by atoms with Gasteiger partial charge in [0.25, 0.3) is 0 Å². The summed E-state index contributed by atoms with van der Waals surface area (Å²) in [7, 11) is 0. The summed E-state index contributed by atoms with van der Waals surface area (Å²) in [6.07, 6.45) is 0.507. The molecule has 1 aliphatic rings. The minimum atomic E-state index is -0.926. The average molecular weight is 332 g/mol. The lowest BCUT2D eigenvalue weighted by Crippen LogP contribution is -2.44. The first-order valence-corrected chi connectivity index (χ1v) is 7.89. The number of nitrogens with zero attached hydrogens (tertiary/aromatic N) is 2. The van der Waals surface area contributed by atoms with Gasteiger partial charge in [0.2, 0.25) is 5.91 Å². The maximum absolute atomic E-state index is 12.5. The van der Waals surface area contributed by atoms with E-state index in [1.165, 1.54) is 0 Å². The number of carbonyl (C=O) groups excluding carboxylic acids is 1. The molecule has 7 nitrogen and oxygen atoms in total. The van der Waals surface area contributed by atoms with Crippen molar-refractivity contribution < 1.29 is 23.6 Å². The number of hydrogen-bond acceptors (Lipinski definition) is 5. The fourth-order valence-electron chi connectivity index (χ4n) is 3.26. The van der Waals surface area contributed by atoms with Gasteiger partial charge in [-0.25, -0.2) is 0 Å². The molecule has 1 amide bonds. The number of rotatable bonds is 4. The van der Waals surface area contributed by atoms with Gasteiger partial charge in [0.05, 0.1) is 18.2 Å². The predicted molar refractivity (Wildman–Crippen MR) is 83.1 cm³/mol. The van der Waals surface area contributed by atoms with Gasteiger partial charge in [-0.15, -0.1) is 0 Å². The molecule has 0 spiro atoms. The minimum absolute atomic E-state index is 0.0912. The Labute approximate surface area is 139 Å². The number of aryl methyl sites for hydroxylation is 3. The number of hydrogen-bond donors (Lipinski definition) is 1. The molecule has 0 aromatic carbocycles. The molecule has 1 aliphatic heterocycles. The summed E-state index contributed by atoms with van der Waals surface area (Å²) in [6, 6.07) is 2.89. The molecule has 1 saturated heterocycles. The molecule has 2 aromatic rings. The SMILES string of the molecule is Cc1ccc([C@@H]2[C@@H](C(=O)O)CCC(=O)N2Cc2c(C)noc2C)o1. The summed E-state index contributed by atoms with van der Waals surface area (Å²) in [4.78, 5) is 25.8. The van der Waals surface area contributed by atoms with Gasteiger partial charge in [-0.05, 0) is 39.3 Å². The molecular weight excluding hydrogens is 312 g/mol. The largest absolute Gasteiger partial charge is 0.481 e. The van der Waals surface area contributed by atoms with Gasteiger partial charge in [-0.2, -0.15) is 0 Å². The molecular formula is C17H20N2O5. The van der Waals surface area contributed by atoms with Gasteiger partial charge < -0.3 is 18.9 Å². The van der Waals surface area contributed by atoms with E-state index in [4.69, 9.17) is 8.94 Å². The summed E-state index contributed by atoms with van der Waals surface area (Å²) in [5, 5.41) is 13.5. The average Bonchev–Trinajstić information content (AvgIpc) is 3.08. The first-order chi connectivity index (χ1) is 11.4. The second-order valence-electron chi connectivity index (χ2n) is 6.20. The molecule has 7 heteroatoms. The molecule has 128 valence electrons. The molecule has 24 heavy (non-hydrogen) atoms. The fourth-order valence-corrected chi connectivity index (χ4v) is 3.26. The summed E-state index contributed by atoms with van der Waals surface area (Å²) in [6.45, 7) is 5.64. The highest BCUT2D eigenvalue weighted by Gasteiger charge is 2.42. The Morgan fingerprint density at radius 3 is 2.67 bits per heavy atom. The van der Waals surface area contributed by atoms with Crippen molar-refractivity contribution >= 4 is 11.9 Å². The van der Waals surface area contributed by atoms with Crippen LogP contribution in [0.15, 0.2) is 21.1 Å². The van der Waals surface area contributed by atoms with Gasteiger partial charge >= 0.3 is 5.97 Å². The number of aliphatic carboxylic acids is 1. The number of furan rings is 1. The van der Waals surface area contributed by atoms with Crippen LogP contribution in [-0.4, -0.2) is 27.0 Å². The first-order valence-electron chi connectivity index (χ1n) is 7.89. The zero-order chi connectivity index (χ0) is 17.4. The van der Waals surface area contributed by atoms with E-state index in [-0.39, 0.29) is 18.9 Å². The van der Waals surface area contributed by atoms with Crippen LogP contribution in [0.1, 0.15) is 47.4 Å². The summed E-state index contributed by atoms with van der Waals surface area (Å²) in [5.74, 6) is 0.0990. The summed E-state index contributed by atoms with van der Waals surface area (Å²) < 4.78 is 10.8.